The van der Waals surface area contributed by atoms with Crippen LogP contribution in [0.3, 0.4) is 0 Å². The van der Waals surface area contributed by atoms with Gasteiger partial charge in [-0.1, -0.05) is 68.1 Å². The first-order valence-electron chi connectivity index (χ1n) is 18.9. The van der Waals surface area contributed by atoms with Crippen LogP contribution in [0.4, 0.5) is 9.59 Å². The molecule has 6 aromatic rings. The molecular formula is C46H52Cl2N4O6. The molecule has 306 valence electrons. The van der Waals surface area contributed by atoms with E-state index in [2.05, 4.69) is 9.97 Å². The molecule has 2 aromatic heterocycles. The lowest BCUT2D eigenvalue weighted by atomic mass is 10.1. The number of amides is 2. The minimum absolute atomic E-state index is 0. The Balaban J connectivity index is 0.000000252. The van der Waals surface area contributed by atoms with E-state index in [4.69, 9.17) is 41.5 Å². The Kier molecular flexibility index (Phi) is 17.4. The molecule has 0 aliphatic rings. The van der Waals surface area contributed by atoms with Gasteiger partial charge >= 0.3 is 10.7 Å². The van der Waals surface area contributed by atoms with Crippen molar-refractivity contribution in [2.45, 2.75) is 67.5 Å². The number of carbonyl (C=O) groups is 2. The summed E-state index contributed by atoms with van der Waals surface area (Å²) < 4.78 is 23.3. The summed E-state index contributed by atoms with van der Waals surface area (Å²) in [4.78, 5) is 35.2. The molecule has 0 saturated heterocycles. The number of aromatic nitrogens is 2. The number of aryl methyl sites for hydroxylation is 2. The Labute approximate surface area is 351 Å². The van der Waals surface area contributed by atoms with E-state index in [1.54, 1.807) is 9.80 Å². The van der Waals surface area contributed by atoms with Crippen LogP contribution in [0.1, 0.15) is 68.3 Å². The Bertz CT molecular complexity index is 2160. The molecule has 0 spiro atoms. The van der Waals surface area contributed by atoms with Crippen molar-refractivity contribution in [2.24, 2.45) is 0 Å². The molecule has 1 atom stereocenters. The summed E-state index contributed by atoms with van der Waals surface area (Å²) in [6, 6.07) is 35.0. The second-order valence-electron chi connectivity index (χ2n) is 13.2. The van der Waals surface area contributed by atoms with E-state index in [0.717, 1.165) is 56.7 Å². The average Bonchev–Trinajstić information content (AvgIpc) is 3.79. The summed E-state index contributed by atoms with van der Waals surface area (Å²) in [7, 11) is 0. The quantitative estimate of drug-likeness (QED) is 0.0700. The second-order valence-corrected chi connectivity index (χ2v) is 13.8. The number of carbonyl (C=O) groups excluding carboxylic acids is 2. The van der Waals surface area contributed by atoms with E-state index in [-0.39, 0.29) is 13.5 Å². The van der Waals surface area contributed by atoms with Crippen molar-refractivity contribution in [1.29, 1.82) is 0 Å². The van der Waals surface area contributed by atoms with Gasteiger partial charge in [-0.25, -0.2) is 9.97 Å². The molecule has 0 aliphatic heterocycles. The van der Waals surface area contributed by atoms with E-state index >= 15 is 0 Å². The smallest absolute Gasteiger partial charge is 0.316 e. The van der Waals surface area contributed by atoms with Crippen molar-refractivity contribution in [3.05, 3.63) is 143 Å². The lowest BCUT2D eigenvalue weighted by molar-refractivity contribution is 0.207. The molecule has 0 saturated carbocycles. The number of halogens is 2. The van der Waals surface area contributed by atoms with E-state index in [9.17, 15) is 9.59 Å². The summed E-state index contributed by atoms with van der Waals surface area (Å²) in [6.45, 7) is 12.2. The van der Waals surface area contributed by atoms with Gasteiger partial charge in [0.2, 0.25) is 11.8 Å². The molecule has 10 nitrogen and oxygen atoms in total. The van der Waals surface area contributed by atoms with Crippen molar-refractivity contribution in [2.75, 3.05) is 26.3 Å². The predicted octanol–water partition coefficient (Wildman–Crippen LogP) is 12.1. The van der Waals surface area contributed by atoms with Crippen molar-refractivity contribution in [3.63, 3.8) is 0 Å². The van der Waals surface area contributed by atoms with Crippen LogP contribution in [0.5, 0.6) is 11.5 Å². The molecule has 0 radical (unpaired) electrons. The first-order valence-corrected chi connectivity index (χ1v) is 19.7. The molecule has 12 heteroatoms. The topological polar surface area (TPSA) is 111 Å². The Morgan fingerprint density at radius 1 is 0.655 bits per heavy atom. The third-order valence-corrected chi connectivity index (χ3v) is 9.82. The summed E-state index contributed by atoms with van der Waals surface area (Å²) in [5.41, 5.74) is 5.73. The number of oxazole rings is 2. The molecule has 0 fully saturated rings. The van der Waals surface area contributed by atoms with Gasteiger partial charge in [0.25, 0.3) is 0 Å². The zero-order chi connectivity index (χ0) is 40.7. The molecule has 2 heterocycles. The lowest BCUT2D eigenvalue weighted by Crippen LogP contribution is -2.28. The van der Waals surface area contributed by atoms with Gasteiger partial charge in [0.15, 0.2) is 0 Å². The number of hydrogen-bond acceptors (Lipinski definition) is 8. The van der Waals surface area contributed by atoms with E-state index in [1.807, 2.05) is 144 Å². The van der Waals surface area contributed by atoms with Crippen LogP contribution in [-0.2, 0) is 19.4 Å². The highest BCUT2D eigenvalue weighted by atomic mass is 35.5. The molecule has 6 rings (SSSR count). The number of ether oxygens (including phenoxy) is 2. The fourth-order valence-corrected chi connectivity index (χ4v) is 6.49. The number of rotatable bonds is 16. The molecular weight excluding hydrogens is 775 g/mol. The van der Waals surface area contributed by atoms with Gasteiger partial charge in [0.1, 0.15) is 23.0 Å². The predicted molar refractivity (Wildman–Crippen MR) is 231 cm³/mol. The maximum atomic E-state index is 11.5. The first-order chi connectivity index (χ1) is 27.6. The van der Waals surface area contributed by atoms with Crippen LogP contribution in [0, 0.1) is 13.8 Å². The van der Waals surface area contributed by atoms with Crippen molar-refractivity contribution in [1.82, 2.24) is 19.8 Å². The molecule has 0 N–H and O–H groups in total. The van der Waals surface area contributed by atoms with Crippen LogP contribution in [0.25, 0.3) is 22.9 Å². The number of benzene rings is 4. The molecule has 2 amide bonds. The minimum Gasteiger partial charge on any atom is -0.493 e. The Hall–Kier alpha value is -5.58. The largest absolute Gasteiger partial charge is 0.493 e. The monoisotopic (exact) mass is 826 g/mol. The van der Waals surface area contributed by atoms with Gasteiger partial charge in [0, 0.05) is 43.6 Å². The van der Waals surface area contributed by atoms with Crippen molar-refractivity contribution in [3.8, 4) is 34.4 Å². The molecule has 58 heavy (non-hydrogen) atoms. The average molecular weight is 828 g/mol. The fraction of sp³-hybridized carbons (Fsp3) is 0.304. The van der Waals surface area contributed by atoms with Crippen LogP contribution in [-0.4, -0.2) is 56.8 Å². The van der Waals surface area contributed by atoms with Crippen LogP contribution < -0.4 is 9.47 Å². The van der Waals surface area contributed by atoms with E-state index < -0.39 is 10.7 Å². The number of nitrogens with zero attached hydrogens (tertiary/aromatic N) is 4. The first kappa shape index (κ1) is 45.1. The Morgan fingerprint density at radius 3 is 1.50 bits per heavy atom. The van der Waals surface area contributed by atoms with Crippen molar-refractivity contribution < 1.29 is 27.9 Å². The Morgan fingerprint density at radius 2 is 1.10 bits per heavy atom. The van der Waals surface area contributed by atoms with Crippen molar-refractivity contribution >= 4 is 33.9 Å². The molecule has 0 bridgehead atoms. The van der Waals surface area contributed by atoms with Gasteiger partial charge < -0.3 is 28.1 Å². The van der Waals surface area contributed by atoms with Crippen LogP contribution in [0.2, 0.25) is 0 Å². The third-order valence-electron chi connectivity index (χ3n) is 9.37. The third kappa shape index (κ3) is 12.7. The van der Waals surface area contributed by atoms with Gasteiger partial charge in [-0.2, -0.15) is 0 Å². The summed E-state index contributed by atoms with van der Waals surface area (Å²) in [6.07, 6.45) is 1.32. The fourth-order valence-electron chi connectivity index (χ4n) is 6.04. The summed E-state index contributed by atoms with van der Waals surface area (Å²) in [5, 5.41) is -0.890. The van der Waals surface area contributed by atoms with E-state index in [1.165, 1.54) is 0 Å². The zero-order valence-corrected chi connectivity index (χ0v) is 34.4. The maximum Gasteiger partial charge on any atom is 0.316 e. The highest BCUT2D eigenvalue weighted by molar-refractivity contribution is 6.63. The normalized spacial score (nSPS) is 11.1. The second kappa shape index (κ2) is 22.4. The van der Waals surface area contributed by atoms with E-state index in [0.29, 0.717) is 57.5 Å². The van der Waals surface area contributed by atoms with Gasteiger partial charge in [-0.15, -0.1) is 0 Å². The van der Waals surface area contributed by atoms with Gasteiger partial charge in [0.05, 0.1) is 30.6 Å². The molecule has 1 unspecified atom stereocenters. The SMILES string of the molecule is C.CCN(C(=O)Cl)C(C)c1ccc(OCCc2nc(-c3ccccc3)oc2C)cc1.CCN(Cc1ccc(OCCc2nc(-c3ccccc3)oc2C)cc1)C(=O)Cl. The summed E-state index contributed by atoms with van der Waals surface area (Å²) >= 11 is 11.2. The van der Waals surface area contributed by atoms with Crippen LogP contribution in [0.15, 0.2) is 118 Å². The van der Waals surface area contributed by atoms with Crippen LogP contribution >= 0.6 is 23.2 Å². The minimum atomic E-state index is -0.446. The van der Waals surface area contributed by atoms with Gasteiger partial charge in [-0.05, 0) is 117 Å². The molecule has 0 aliphatic carbocycles. The highest BCUT2D eigenvalue weighted by Crippen LogP contribution is 2.26. The number of hydrogen-bond donors (Lipinski definition) is 0. The zero-order valence-electron chi connectivity index (χ0n) is 32.9. The molecule has 4 aromatic carbocycles. The maximum absolute atomic E-state index is 11.5. The summed E-state index contributed by atoms with van der Waals surface area (Å²) in [5.74, 6) is 4.42. The van der Waals surface area contributed by atoms with Gasteiger partial charge in [-0.3, -0.25) is 9.59 Å². The lowest BCUT2D eigenvalue weighted by Gasteiger charge is -2.26. The standard InChI is InChI=1S/C23H25ClN2O3.C22H23ClN2O3.CH4/c1-4-26(23(24)27)16(2)18-10-12-20(13-11-18)28-15-14-21-17(3)29-22(25-21)19-8-6-5-7-9-19;1-3-25(22(23)26)15-17-9-11-19(12-10-17)27-14-13-20-16(2)28-21(24-20)18-7-5-4-6-8-18;/h5-13,16H,4,14-15H2,1-3H3;4-12H,3,13-15H2,1-2H3;1H4. The highest BCUT2D eigenvalue weighted by Gasteiger charge is 2.18.